The molecule has 0 unspecified atom stereocenters. The lowest BCUT2D eigenvalue weighted by atomic mass is 10.1. The zero-order chi connectivity index (χ0) is 26.9. The highest BCUT2D eigenvalue weighted by Crippen LogP contribution is 2.26. The second-order valence-corrected chi connectivity index (χ2v) is 10.5. The smallest absolute Gasteiger partial charge is 0.253 e. The van der Waals surface area contributed by atoms with E-state index in [0.717, 1.165) is 54.8 Å². The number of hydrogen-bond donors (Lipinski definition) is 3. The van der Waals surface area contributed by atoms with Crippen molar-refractivity contribution in [1.82, 2.24) is 14.5 Å². The second-order valence-electron chi connectivity index (χ2n) is 10.5. The Morgan fingerprint density at radius 2 is 1.59 bits per heavy atom. The third-order valence-electron chi connectivity index (χ3n) is 6.28. The molecule has 3 aromatic rings. The van der Waals surface area contributed by atoms with Gasteiger partial charge in [-0.15, -0.1) is 0 Å². The van der Waals surface area contributed by atoms with Gasteiger partial charge in [-0.1, -0.05) is 27.7 Å². The Morgan fingerprint density at radius 1 is 0.973 bits per heavy atom. The molecule has 0 fully saturated rings. The number of nitrogens with one attached hydrogen (secondary N) is 2. The largest absolute Gasteiger partial charge is 0.339 e. The van der Waals surface area contributed by atoms with Gasteiger partial charge in [-0.05, 0) is 80.1 Å². The van der Waals surface area contributed by atoms with Crippen LogP contribution in [0.4, 0.5) is 17.3 Å². The molecule has 0 atom stereocenters. The maximum Gasteiger partial charge on any atom is 0.253 e. The zero-order valence-electron chi connectivity index (χ0n) is 22.9. The molecule has 0 saturated heterocycles. The van der Waals surface area contributed by atoms with Crippen molar-refractivity contribution in [1.29, 1.82) is 0 Å². The van der Waals surface area contributed by atoms with Crippen LogP contribution in [-0.2, 0) is 11.3 Å². The average Bonchev–Trinajstić information content (AvgIpc) is 3.18. The molecule has 1 heterocycles. The number of nitrogens with two attached hydrogens (primary N) is 1. The molecule has 0 aliphatic rings. The molecule has 3 rings (SSSR count). The monoisotopic (exact) mass is 506 g/mol. The van der Waals surface area contributed by atoms with Crippen LogP contribution >= 0.6 is 0 Å². The summed E-state index contributed by atoms with van der Waals surface area (Å²) in [5, 5.41) is 6.17. The number of benzene rings is 2. The van der Waals surface area contributed by atoms with Gasteiger partial charge in [0.05, 0.1) is 11.0 Å². The van der Waals surface area contributed by atoms with Crippen LogP contribution in [0.25, 0.3) is 11.0 Å². The number of imidazole rings is 1. The van der Waals surface area contributed by atoms with Crippen molar-refractivity contribution in [3.63, 3.8) is 0 Å². The van der Waals surface area contributed by atoms with Crippen LogP contribution in [0.3, 0.4) is 0 Å². The molecule has 200 valence electrons. The summed E-state index contributed by atoms with van der Waals surface area (Å²) in [7, 11) is 0. The molecule has 37 heavy (non-hydrogen) atoms. The molecule has 1 aromatic heterocycles. The Labute approximate surface area is 220 Å². The minimum atomic E-state index is -0.110. The molecular weight excluding hydrogens is 464 g/mol. The summed E-state index contributed by atoms with van der Waals surface area (Å²) in [5.74, 6) is 1.72. The van der Waals surface area contributed by atoms with Crippen molar-refractivity contribution in [2.75, 3.05) is 30.3 Å². The van der Waals surface area contributed by atoms with Gasteiger partial charge in [0.2, 0.25) is 11.9 Å². The molecule has 2 amide bonds. The van der Waals surface area contributed by atoms with Gasteiger partial charge in [0.1, 0.15) is 0 Å². The summed E-state index contributed by atoms with van der Waals surface area (Å²) >= 11 is 0. The zero-order valence-corrected chi connectivity index (χ0v) is 22.9. The van der Waals surface area contributed by atoms with Crippen LogP contribution in [0.1, 0.15) is 64.2 Å². The van der Waals surface area contributed by atoms with Gasteiger partial charge in [0.25, 0.3) is 5.91 Å². The first-order chi connectivity index (χ1) is 17.7. The maximum atomic E-state index is 13.6. The SMILES string of the molecule is CC(=O)Nc1ccc(Nc2nc3ccc(C(=O)N(CCC(C)C)CCC(C)C)cc3n2CCCN)cc1. The van der Waals surface area contributed by atoms with Gasteiger partial charge in [0, 0.05) is 43.5 Å². The topological polar surface area (TPSA) is 105 Å². The summed E-state index contributed by atoms with van der Waals surface area (Å²) in [6.45, 7) is 13.0. The molecule has 4 N–H and O–H groups in total. The fraction of sp³-hybridized carbons (Fsp3) is 0.483. The fourth-order valence-electron chi connectivity index (χ4n) is 4.12. The number of anilines is 3. The van der Waals surface area contributed by atoms with Gasteiger partial charge >= 0.3 is 0 Å². The van der Waals surface area contributed by atoms with Gasteiger partial charge in [-0.2, -0.15) is 0 Å². The highest BCUT2D eigenvalue weighted by molar-refractivity contribution is 5.98. The second kappa shape index (κ2) is 13.2. The highest BCUT2D eigenvalue weighted by Gasteiger charge is 2.19. The van der Waals surface area contributed by atoms with Crippen molar-refractivity contribution < 1.29 is 9.59 Å². The molecular formula is C29H42N6O2. The molecule has 0 aliphatic heterocycles. The molecule has 0 saturated carbocycles. The lowest BCUT2D eigenvalue weighted by molar-refractivity contribution is -0.114. The van der Waals surface area contributed by atoms with E-state index in [4.69, 9.17) is 10.7 Å². The Bertz CT molecular complexity index is 1170. The highest BCUT2D eigenvalue weighted by atomic mass is 16.2. The quantitative estimate of drug-likeness (QED) is 0.279. The molecule has 2 aromatic carbocycles. The Hall–Kier alpha value is -3.39. The van der Waals surface area contributed by atoms with Crippen LogP contribution in [0.2, 0.25) is 0 Å². The van der Waals surface area contributed by atoms with Crippen molar-refractivity contribution in [3.05, 3.63) is 48.0 Å². The third-order valence-corrected chi connectivity index (χ3v) is 6.28. The molecule has 0 spiro atoms. The van der Waals surface area contributed by atoms with Crippen LogP contribution in [0.15, 0.2) is 42.5 Å². The minimum absolute atomic E-state index is 0.0674. The Balaban J connectivity index is 1.91. The number of carbonyl (C=O) groups excluding carboxylic acids is 2. The molecule has 0 aliphatic carbocycles. The van der Waals surface area contributed by atoms with Crippen molar-refractivity contribution in [3.8, 4) is 0 Å². The normalized spacial score (nSPS) is 11.4. The number of carbonyl (C=O) groups is 2. The number of aromatic nitrogens is 2. The number of hydrogen-bond acceptors (Lipinski definition) is 5. The summed E-state index contributed by atoms with van der Waals surface area (Å²) in [6, 6.07) is 13.3. The first-order valence-corrected chi connectivity index (χ1v) is 13.3. The first-order valence-electron chi connectivity index (χ1n) is 13.3. The van der Waals surface area contributed by atoms with Crippen LogP contribution in [-0.4, -0.2) is 45.9 Å². The number of fused-ring (bicyclic) bond motifs is 1. The minimum Gasteiger partial charge on any atom is -0.339 e. The maximum absolute atomic E-state index is 13.6. The molecule has 0 bridgehead atoms. The molecule has 8 heteroatoms. The predicted octanol–water partition coefficient (Wildman–Crippen LogP) is 5.62. The van der Waals surface area contributed by atoms with Crippen LogP contribution in [0.5, 0.6) is 0 Å². The van der Waals surface area contributed by atoms with Crippen molar-refractivity contribution in [2.24, 2.45) is 17.6 Å². The van der Waals surface area contributed by atoms with E-state index in [2.05, 4.69) is 42.9 Å². The Morgan fingerprint density at radius 3 is 2.16 bits per heavy atom. The standard InChI is InChI=1S/C29H42N6O2/c1-20(2)13-17-34(18-14-21(3)4)28(37)23-7-12-26-27(19-23)35(16-6-15-30)29(33-26)32-25-10-8-24(9-11-25)31-22(5)36/h7-12,19-21H,6,13-18,30H2,1-5H3,(H,31,36)(H,32,33). The van der Waals surface area contributed by atoms with E-state index in [-0.39, 0.29) is 11.8 Å². The number of nitrogens with zero attached hydrogens (tertiary/aromatic N) is 3. The van der Waals surface area contributed by atoms with Crippen molar-refractivity contribution in [2.45, 2.75) is 60.4 Å². The fourth-order valence-corrected chi connectivity index (χ4v) is 4.12. The molecule has 0 radical (unpaired) electrons. The summed E-state index contributed by atoms with van der Waals surface area (Å²) in [4.78, 5) is 31.7. The van der Waals surface area contributed by atoms with E-state index in [1.165, 1.54) is 6.92 Å². The summed E-state index contributed by atoms with van der Waals surface area (Å²) < 4.78 is 2.09. The first kappa shape index (κ1) is 28.2. The number of aryl methyl sites for hydroxylation is 1. The molecule has 8 nitrogen and oxygen atoms in total. The van der Waals surface area contributed by atoms with E-state index >= 15 is 0 Å². The van der Waals surface area contributed by atoms with E-state index in [1.54, 1.807) is 0 Å². The van der Waals surface area contributed by atoms with Crippen molar-refractivity contribution >= 4 is 40.2 Å². The number of amides is 2. The van der Waals surface area contributed by atoms with Gasteiger partial charge in [0.15, 0.2) is 0 Å². The summed E-state index contributed by atoms with van der Waals surface area (Å²) in [6.07, 6.45) is 2.75. The predicted molar refractivity (Wildman–Crippen MR) is 152 cm³/mol. The van der Waals surface area contributed by atoms with Crippen LogP contribution < -0.4 is 16.4 Å². The Kier molecular flexibility index (Phi) is 10.1. The number of rotatable bonds is 13. The van der Waals surface area contributed by atoms with Gasteiger partial charge in [-0.3, -0.25) is 9.59 Å². The van der Waals surface area contributed by atoms with E-state index in [1.807, 2.05) is 47.4 Å². The van der Waals surface area contributed by atoms with Gasteiger partial charge in [-0.25, -0.2) is 4.98 Å². The summed E-state index contributed by atoms with van der Waals surface area (Å²) in [5.41, 5.74) is 9.82. The van der Waals surface area contributed by atoms with E-state index in [9.17, 15) is 9.59 Å². The van der Waals surface area contributed by atoms with E-state index < -0.39 is 0 Å². The van der Waals surface area contributed by atoms with Gasteiger partial charge < -0.3 is 25.8 Å². The lowest BCUT2D eigenvalue weighted by Crippen LogP contribution is -2.34. The third kappa shape index (κ3) is 8.05. The lowest BCUT2D eigenvalue weighted by Gasteiger charge is -2.24. The van der Waals surface area contributed by atoms with Crippen LogP contribution in [0, 0.1) is 11.8 Å². The average molecular weight is 507 g/mol. The van der Waals surface area contributed by atoms with E-state index in [0.29, 0.717) is 36.4 Å².